The van der Waals surface area contributed by atoms with Crippen LogP contribution in [0.15, 0.2) is 24.4 Å². The van der Waals surface area contributed by atoms with Gasteiger partial charge < -0.3 is 15.2 Å². The average Bonchev–Trinajstić information content (AvgIpc) is 3.05. The molecule has 3 heterocycles. The average molecular weight is 341 g/mol. The lowest BCUT2D eigenvalue weighted by Crippen LogP contribution is -2.36. The summed E-state index contributed by atoms with van der Waals surface area (Å²) in [6.07, 6.45) is 7.62. The summed E-state index contributed by atoms with van der Waals surface area (Å²) < 4.78 is 2.37. The highest BCUT2D eigenvalue weighted by Gasteiger charge is 2.29. The Morgan fingerprint density at radius 1 is 1.24 bits per heavy atom. The van der Waals surface area contributed by atoms with Crippen molar-refractivity contribution in [2.24, 2.45) is 0 Å². The van der Waals surface area contributed by atoms with Gasteiger partial charge in [0.05, 0.1) is 4.92 Å². The van der Waals surface area contributed by atoms with E-state index in [0.29, 0.717) is 17.3 Å². The number of rotatable bonds is 3. The summed E-state index contributed by atoms with van der Waals surface area (Å²) in [6.45, 7) is 2.61. The van der Waals surface area contributed by atoms with Crippen molar-refractivity contribution in [2.45, 2.75) is 44.6 Å². The molecule has 7 heteroatoms. The first kappa shape index (κ1) is 15.9. The second-order valence-corrected chi connectivity index (χ2v) is 7.01. The van der Waals surface area contributed by atoms with E-state index in [0.717, 1.165) is 44.7 Å². The lowest BCUT2D eigenvalue weighted by molar-refractivity contribution is -0.384. The van der Waals surface area contributed by atoms with Crippen LogP contribution in [0.3, 0.4) is 0 Å². The third-order valence-corrected chi connectivity index (χ3v) is 5.36. The van der Waals surface area contributed by atoms with Crippen molar-refractivity contribution in [1.29, 1.82) is 0 Å². The Labute approximate surface area is 146 Å². The van der Waals surface area contributed by atoms with E-state index in [2.05, 4.69) is 9.47 Å². The minimum absolute atomic E-state index is 0.125. The number of aryl methyl sites for hydroxylation is 1. The summed E-state index contributed by atoms with van der Waals surface area (Å²) in [7, 11) is 0. The predicted molar refractivity (Wildman–Crippen MR) is 96.9 cm³/mol. The van der Waals surface area contributed by atoms with Crippen LogP contribution in [0.25, 0.3) is 0 Å². The number of hydrogen-bond donors (Lipinski definition) is 1. The lowest BCUT2D eigenvalue weighted by atomic mass is 9.96. The van der Waals surface area contributed by atoms with E-state index in [-0.39, 0.29) is 10.6 Å². The van der Waals surface area contributed by atoms with Crippen molar-refractivity contribution in [1.82, 2.24) is 9.55 Å². The number of aromatic nitrogens is 2. The zero-order chi connectivity index (χ0) is 17.4. The van der Waals surface area contributed by atoms with Gasteiger partial charge in [0.1, 0.15) is 11.5 Å². The van der Waals surface area contributed by atoms with E-state index in [4.69, 9.17) is 10.7 Å². The number of nitrogens with two attached hydrogens (primary N) is 1. The minimum Gasteiger partial charge on any atom is -0.399 e. The van der Waals surface area contributed by atoms with Crippen LogP contribution in [-0.4, -0.2) is 27.6 Å². The number of nitrogen functional groups attached to an aromatic ring is 1. The highest BCUT2D eigenvalue weighted by Crippen LogP contribution is 2.36. The molecule has 2 aliphatic heterocycles. The first-order valence-electron chi connectivity index (χ1n) is 8.96. The number of nitro benzene ring substituents is 1. The van der Waals surface area contributed by atoms with Crippen LogP contribution < -0.4 is 10.6 Å². The Morgan fingerprint density at radius 3 is 2.96 bits per heavy atom. The fourth-order valence-corrected chi connectivity index (χ4v) is 4.14. The molecule has 1 atom stereocenters. The number of benzene rings is 1. The maximum Gasteiger partial charge on any atom is 0.292 e. The van der Waals surface area contributed by atoms with E-state index in [1.54, 1.807) is 12.1 Å². The molecule has 132 valence electrons. The van der Waals surface area contributed by atoms with Crippen LogP contribution >= 0.6 is 0 Å². The van der Waals surface area contributed by atoms with Crippen molar-refractivity contribution < 1.29 is 4.92 Å². The normalized spacial score (nSPS) is 20.3. The van der Waals surface area contributed by atoms with Crippen LogP contribution in [-0.2, 0) is 13.0 Å². The molecule has 4 rings (SSSR count). The number of hydrogen-bond acceptors (Lipinski definition) is 5. The van der Waals surface area contributed by atoms with Gasteiger partial charge in [-0.15, -0.1) is 0 Å². The molecule has 1 aromatic carbocycles. The number of piperidine rings is 1. The molecular formula is C18H23N5O2. The molecule has 1 fully saturated rings. The number of nitro groups is 1. The van der Waals surface area contributed by atoms with Crippen LogP contribution in [0.2, 0.25) is 0 Å². The van der Waals surface area contributed by atoms with E-state index in [9.17, 15) is 10.1 Å². The summed E-state index contributed by atoms with van der Waals surface area (Å²) >= 11 is 0. The van der Waals surface area contributed by atoms with Crippen LogP contribution in [0.4, 0.5) is 17.1 Å². The molecule has 0 saturated carbocycles. The Balaban J connectivity index is 1.63. The number of fused-ring (bicyclic) bond motifs is 1. The molecule has 0 bridgehead atoms. The number of imidazole rings is 1. The molecule has 0 aliphatic carbocycles. The molecule has 0 unspecified atom stereocenters. The molecular weight excluding hydrogens is 318 g/mol. The lowest BCUT2D eigenvalue weighted by Gasteiger charge is -2.34. The third-order valence-electron chi connectivity index (χ3n) is 5.36. The summed E-state index contributed by atoms with van der Waals surface area (Å²) in [5.74, 6) is 1.45. The molecule has 25 heavy (non-hydrogen) atoms. The maximum absolute atomic E-state index is 11.4. The molecule has 2 N–H and O–H groups in total. The maximum atomic E-state index is 11.4. The van der Waals surface area contributed by atoms with Gasteiger partial charge in [0.15, 0.2) is 0 Å². The monoisotopic (exact) mass is 341 g/mol. The van der Waals surface area contributed by atoms with E-state index in [1.165, 1.54) is 24.6 Å². The van der Waals surface area contributed by atoms with Crippen LogP contribution in [0.5, 0.6) is 0 Å². The first-order chi connectivity index (χ1) is 12.1. The second-order valence-electron chi connectivity index (χ2n) is 7.01. The molecule has 0 radical (unpaired) electrons. The molecule has 7 nitrogen and oxygen atoms in total. The van der Waals surface area contributed by atoms with Gasteiger partial charge in [-0.2, -0.15) is 0 Å². The zero-order valence-electron chi connectivity index (χ0n) is 14.2. The predicted octanol–water partition coefficient (Wildman–Crippen LogP) is 3.09. The van der Waals surface area contributed by atoms with Gasteiger partial charge in [-0.05, 0) is 44.2 Å². The highest BCUT2D eigenvalue weighted by molar-refractivity contribution is 5.69. The molecule has 0 amide bonds. The smallest absolute Gasteiger partial charge is 0.292 e. The van der Waals surface area contributed by atoms with Gasteiger partial charge in [-0.1, -0.05) is 0 Å². The van der Waals surface area contributed by atoms with Crippen molar-refractivity contribution in [3.63, 3.8) is 0 Å². The molecule has 2 aliphatic rings. The van der Waals surface area contributed by atoms with Gasteiger partial charge in [-0.25, -0.2) is 4.98 Å². The van der Waals surface area contributed by atoms with E-state index in [1.807, 2.05) is 6.20 Å². The molecule has 0 spiro atoms. The van der Waals surface area contributed by atoms with Crippen molar-refractivity contribution in [3.05, 3.63) is 46.0 Å². The first-order valence-corrected chi connectivity index (χ1v) is 8.96. The van der Waals surface area contributed by atoms with Crippen molar-refractivity contribution in [3.8, 4) is 0 Å². The quantitative estimate of drug-likeness (QED) is 0.526. The Bertz CT molecular complexity index is 801. The number of anilines is 2. The van der Waals surface area contributed by atoms with E-state index >= 15 is 0 Å². The molecule has 1 aromatic heterocycles. The summed E-state index contributed by atoms with van der Waals surface area (Å²) in [6, 6.07) is 4.82. The topological polar surface area (TPSA) is 90.2 Å². The Hall–Kier alpha value is -2.57. The second kappa shape index (κ2) is 6.38. The largest absolute Gasteiger partial charge is 0.399 e. The minimum atomic E-state index is -0.324. The van der Waals surface area contributed by atoms with Gasteiger partial charge in [0.25, 0.3) is 5.69 Å². The third kappa shape index (κ3) is 2.94. The molecule has 2 aromatic rings. The Morgan fingerprint density at radius 2 is 2.12 bits per heavy atom. The number of nitrogens with zero attached hydrogens (tertiary/aromatic N) is 4. The van der Waals surface area contributed by atoms with Gasteiger partial charge in [-0.3, -0.25) is 10.1 Å². The summed E-state index contributed by atoms with van der Waals surface area (Å²) in [4.78, 5) is 17.9. The van der Waals surface area contributed by atoms with Gasteiger partial charge >= 0.3 is 0 Å². The highest BCUT2D eigenvalue weighted by atomic mass is 16.6. The standard InChI is InChI=1S/C18H23N5O2/c19-14-6-7-16(23(24)25)17(10-14)21-8-3-4-13(12-21)18-20-11-15-5-1-2-9-22(15)18/h6-7,10-11,13H,1-5,8-9,12,19H2/t13-/m0/s1. The zero-order valence-corrected chi connectivity index (χ0v) is 14.2. The summed E-state index contributed by atoms with van der Waals surface area (Å²) in [5.41, 5.74) is 8.52. The fourth-order valence-electron chi connectivity index (χ4n) is 4.14. The molecule has 1 saturated heterocycles. The van der Waals surface area contributed by atoms with Crippen LogP contribution in [0, 0.1) is 10.1 Å². The van der Waals surface area contributed by atoms with Gasteiger partial charge in [0, 0.05) is 49.2 Å². The van der Waals surface area contributed by atoms with Crippen LogP contribution in [0.1, 0.15) is 43.1 Å². The Kier molecular flexibility index (Phi) is 4.07. The van der Waals surface area contributed by atoms with E-state index < -0.39 is 0 Å². The SMILES string of the molecule is Nc1ccc([N+](=O)[O-])c(N2CCC[C@H](c3ncc4n3CCCC4)C2)c1. The van der Waals surface area contributed by atoms with Gasteiger partial charge in [0.2, 0.25) is 0 Å². The summed E-state index contributed by atoms with van der Waals surface area (Å²) in [5, 5.41) is 11.4. The fraction of sp³-hybridized carbons (Fsp3) is 0.500. The van der Waals surface area contributed by atoms with Crippen molar-refractivity contribution >= 4 is 17.1 Å². The van der Waals surface area contributed by atoms with Crippen molar-refractivity contribution in [2.75, 3.05) is 23.7 Å².